The lowest BCUT2D eigenvalue weighted by Gasteiger charge is -2.39. The van der Waals surface area contributed by atoms with E-state index in [1.807, 2.05) is 0 Å². The molecule has 2 saturated heterocycles. The minimum Gasteiger partial charge on any atom is -0.363 e. The van der Waals surface area contributed by atoms with Crippen molar-refractivity contribution < 1.29 is 4.39 Å². The molecule has 17 heavy (non-hydrogen) atoms. The number of benzene rings is 1. The summed E-state index contributed by atoms with van der Waals surface area (Å²) in [5, 5.41) is 0.451. The van der Waals surface area contributed by atoms with Crippen LogP contribution in [0.1, 0.15) is 25.7 Å². The molecular weight excluding hydrogens is 239 g/mol. The molecule has 2 heterocycles. The molecule has 1 aromatic rings. The maximum absolute atomic E-state index is 13.9. The zero-order valence-electron chi connectivity index (χ0n) is 9.57. The Hall–Kier alpha value is -0.800. The summed E-state index contributed by atoms with van der Waals surface area (Å²) in [4.78, 5) is 2.22. The molecule has 2 nitrogen and oxygen atoms in total. The number of halogens is 2. The Kier molecular flexibility index (Phi) is 2.75. The second-order valence-electron chi connectivity index (χ2n) is 5.12. The van der Waals surface area contributed by atoms with E-state index in [1.54, 1.807) is 12.1 Å². The number of nitrogens with two attached hydrogens (primary N) is 1. The van der Waals surface area contributed by atoms with Gasteiger partial charge in [-0.05, 0) is 43.9 Å². The SMILES string of the molecule is NC1CC2CCC(C1)N2c1ccc(Cl)cc1F. The highest BCUT2D eigenvalue weighted by Crippen LogP contribution is 2.40. The van der Waals surface area contributed by atoms with Gasteiger partial charge >= 0.3 is 0 Å². The van der Waals surface area contributed by atoms with Crippen molar-refractivity contribution in [2.75, 3.05) is 4.90 Å². The zero-order chi connectivity index (χ0) is 12.0. The molecule has 2 aliphatic rings. The minimum absolute atomic E-state index is 0.218. The highest BCUT2D eigenvalue weighted by Gasteiger charge is 2.40. The fraction of sp³-hybridized carbons (Fsp3) is 0.538. The van der Waals surface area contributed by atoms with Gasteiger partial charge in [-0.1, -0.05) is 11.6 Å². The first-order chi connectivity index (χ1) is 8.15. The van der Waals surface area contributed by atoms with Crippen LogP contribution in [0.3, 0.4) is 0 Å². The maximum atomic E-state index is 13.9. The smallest absolute Gasteiger partial charge is 0.147 e. The third-order valence-corrected chi connectivity index (χ3v) is 4.19. The molecular formula is C13H16ClFN2. The van der Waals surface area contributed by atoms with E-state index in [2.05, 4.69) is 4.90 Å². The summed E-state index contributed by atoms with van der Waals surface area (Å²) in [5.74, 6) is -0.218. The second kappa shape index (κ2) is 4.14. The van der Waals surface area contributed by atoms with Crippen molar-refractivity contribution in [2.24, 2.45) is 5.73 Å². The number of nitrogens with zero attached hydrogens (tertiary/aromatic N) is 1. The number of hydrogen-bond acceptors (Lipinski definition) is 2. The molecule has 2 aliphatic heterocycles. The third kappa shape index (κ3) is 1.91. The molecule has 3 rings (SSSR count). The van der Waals surface area contributed by atoms with Crippen LogP contribution in [0, 0.1) is 5.82 Å². The second-order valence-corrected chi connectivity index (χ2v) is 5.56. The van der Waals surface area contributed by atoms with Gasteiger partial charge < -0.3 is 10.6 Å². The van der Waals surface area contributed by atoms with Gasteiger partial charge in [0.05, 0.1) is 5.69 Å². The van der Waals surface area contributed by atoms with E-state index in [9.17, 15) is 4.39 Å². The first-order valence-electron chi connectivity index (χ1n) is 6.14. The number of fused-ring (bicyclic) bond motifs is 2. The first kappa shape index (κ1) is 11.3. The molecule has 0 radical (unpaired) electrons. The van der Waals surface area contributed by atoms with E-state index in [1.165, 1.54) is 6.07 Å². The van der Waals surface area contributed by atoms with E-state index in [-0.39, 0.29) is 11.9 Å². The van der Waals surface area contributed by atoms with Crippen LogP contribution in [-0.2, 0) is 0 Å². The van der Waals surface area contributed by atoms with Crippen LogP contribution in [0.5, 0.6) is 0 Å². The standard InChI is InChI=1S/C13H16ClFN2/c14-8-1-4-13(12(15)5-8)17-10-2-3-11(17)7-9(16)6-10/h1,4-5,9-11H,2-3,6-7,16H2. The van der Waals surface area contributed by atoms with Crippen LogP contribution in [0.4, 0.5) is 10.1 Å². The molecule has 1 aromatic carbocycles. The highest BCUT2D eigenvalue weighted by atomic mass is 35.5. The van der Waals surface area contributed by atoms with Crippen molar-refractivity contribution in [2.45, 2.75) is 43.8 Å². The number of anilines is 1. The molecule has 2 atom stereocenters. The molecule has 0 aromatic heterocycles. The summed E-state index contributed by atoms with van der Waals surface area (Å²) < 4.78 is 13.9. The van der Waals surface area contributed by atoms with Gasteiger partial charge in [0.1, 0.15) is 5.82 Å². The van der Waals surface area contributed by atoms with Crippen molar-refractivity contribution in [3.05, 3.63) is 29.0 Å². The number of hydrogen-bond donors (Lipinski definition) is 1. The van der Waals surface area contributed by atoms with Gasteiger partial charge in [0.15, 0.2) is 0 Å². The summed E-state index contributed by atoms with van der Waals surface area (Å²) in [6, 6.07) is 6.02. The Bertz CT molecular complexity index is 423. The van der Waals surface area contributed by atoms with Crippen LogP contribution >= 0.6 is 11.6 Å². The van der Waals surface area contributed by atoms with Crippen LogP contribution in [0.25, 0.3) is 0 Å². The van der Waals surface area contributed by atoms with E-state index in [0.717, 1.165) is 25.7 Å². The molecule has 2 N–H and O–H groups in total. The predicted molar refractivity (Wildman–Crippen MR) is 67.9 cm³/mol. The Morgan fingerprint density at radius 1 is 1.24 bits per heavy atom. The number of rotatable bonds is 1. The van der Waals surface area contributed by atoms with E-state index in [0.29, 0.717) is 22.8 Å². The molecule has 0 amide bonds. The van der Waals surface area contributed by atoms with Gasteiger partial charge in [-0.15, -0.1) is 0 Å². The third-order valence-electron chi connectivity index (χ3n) is 3.96. The zero-order valence-corrected chi connectivity index (χ0v) is 10.3. The van der Waals surface area contributed by atoms with Gasteiger partial charge in [-0.2, -0.15) is 0 Å². The molecule has 4 heteroatoms. The Morgan fingerprint density at radius 2 is 1.88 bits per heavy atom. The fourth-order valence-electron chi connectivity index (χ4n) is 3.30. The molecule has 0 aliphatic carbocycles. The lowest BCUT2D eigenvalue weighted by molar-refractivity contribution is 0.410. The maximum Gasteiger partial charge on any atom is 0.147 e. The first-order valence-corrected chi connectivity index (χ1v) is 6.52. The monoisotopic (exact) mass is 254 g/mol. The van der Waals surface area contributed by atoms with Crippen LogP contribution in [-0.4, -0.2) is 18.1 Å². The van der Waals surface area contributed by atoms with Crippen molar-refractivity contribution in [1.82, 2.24) is 0 Å². The van der Waals surface area contributed by atoms with Crippen molar-refractivity contribution in [1.29, 1.82) is 0 Å². The van der Waals surface area contributed by atoms with Gasteiger partial charge in [-0.25, -0.2) is 4.39 Å². The number of piperidine rings is 1. The lowest BCUT2D eigenvalue weighted by Crippen LogP contribution is -2.47. The summed E-state index contributed by atoms with van der Waals surface area (Å²) in [5.41, 5.74) is 6.71. The lowest BCUT2D eigenvalue weighted by atomic mass is 9.97. The summed E-state index contributed by atoms with van der Waals surface area (Å²) in [6.07, 6.45) is 4.19. The molecule has 2 fully saturated rings. The van der Waals surface area contributed by atoms with Crippen LogP contribution in [0.15, 0.2) is 18.2 Å². The van der Waals surface area contributed by atoms with Crippen molar-refractivity contribution in [3.8, 4) is 0 Å². The largest absolute Gasteiger partial charge is 0.363 e. The molecule has 0 saturated carbocycles. The van der Waals surface area contributed by atoms with Crippen LogP contribution < -0.4 is 10.6 Å². The molecule has 92 valence electrons. The van der Waals surface area contributed by atoms with Gasteiger partial charge in [0, 0.05) is 23.1 Å². The fourth-order valence-corrected chi connectivity index (χ4v) is 3.46. The van der Waals surface area contributed by atoms with Crippen molar-refractivity contribution >= 4 is 17.3 Å². The normalized spacial score (nSPS) is 31.9. The Labute approximate surface area is 106 Å². The topological polar surface area (TPSA) is 29.3 Å². The van der Waals surface area contributed by atoms with Crippen LogP contribution in [0.2, 0.25) is 5.02 Å². The van der Waals surface area contributed by atoms with E-state index in [4.69, 9.17) is 17.3 Å². The van der Waals surface area contributed by atoms with Crippen molar-refractivity contribution in [3.63, 3.8) is 0 Å². The summed E-state index contributed by atoms with van der Waals surface area (Å²) >= 11 is 5.79. The summed E-state index contributed by atoms with van der Waals surface area (Å²) in [6.45, 7) is 0. The van der Waals surface area contributed by atoms with E-state index < -0.39 is 0 Å². The molecule has 2 bridgehead atoms. The summed E-state index contributed by atoms with van der Waals surface area (Å²) in [7, 11) is 0. The molecule has 2 unspecified atom stereocenters. The van der Waals surface area contributed by atoms with Gasteiger partial charge in [-0.3, -0.25) is 0 Å². The predicted octanol–water partition coefficient (Wildman–Crippen LogP) is 2.94. The van der Waals surface area contributed by atoms with E-state index >= 15 is 0 Å². The van der Waals surface area contributed by atoms with Gasteiger partial charge in [0.2, 0.25) is 0 Å². The quantitative estimate of drug-likeness (QED) is 0.835. The van der Waals surface area contributed by atoms with Gasteiger partial charge in [0.25, 0.3) is 0 Å². The molecule has 0 spiro atoms. The highest BCUT2D eigenvalue weighted by molar-refractivity contribution is 6.30. The minimum atomic E-state index is -0.218. The Balaban J connectivity index is 1.94. The average Bonchev–Trinajstić information content (AvgIpc) is 2.53. The Morgan fingerprint density at radius 3 is 2.47 bits per heavy atom. The average molecular weight is 255 g/mol.